The Labute approximate surface area is 117 Å². The first kappa shape index (κ1) is 12.8. The van der Waals surface area contributed by atoms with Crippen molar-refractivity contribution < 1.29 is 9.47 Å². The summed E-state index contributed by atoms with van der Waals surface area (Å²) in [6, 6.07) is 5.71. The minimum Gasteiger partial charge on any atom is -0.486 e. The highest BCUT2D eigenvalue weighted by Crippen LogP contribution is 2.34. The van der Waals surface area contributed by atoms with Gasteiger partial charge in [0.15, 0.2) is 17.3 Å². The lowest BCUT2D eigenvalue weighted by Gasteiger charge is -2.22. The second-order valence-corrected chi connectivity index (χ2v) is 5.81. The van der Waals surface area contributed by atoms with Crippen molar-refractivity contribution in [2.24, 2.45) is 0 Å². The molecular weight excluding hydrogens is 256 g/mol. The van der Waals surface area contributed by atoms with E-state index in [1.54, 1.807) is 4.68 Å². The Morgan fingerprint density at radius 1 is 1.15 bits per heavy atom. The number of nitrogen functional groups attached to an aromatic ring is 1. The molecule has 106 valence electrons. The fourth-order valence-corrected chi connectivity index (χ4v) is 2.34. The van der Waals surface area contributed by atoms with Crippen LogP contribution in [-0.4, -0.2) is 28.2 Å². The van der Waals surface area contributed by atoms with Gasteiger partial charge in [-0.05, 0) is 12.1 Å². The summed E-state index contributed by atoms with van der Waals surface area (Å²) in [5.74, 6) is 1.93. The quantitative estimate of drug-likeness (QED) is 0.859. The summed E-state index contributed by atoms with van der Waals surface area (Å²) in [6.07, 6.45) is 0. The maximum atomic E-state index is 5.95. The van der Waals surface area contributed by atoms with Gasteiger partial charge in [-0.15, -0.1) is 5.10 Å². The molecule has 2 heterocycles. The van der Waals surface area contributed by atoms with Crippen molar-refractivity contribution in [3.8, 4) is 17.2 Å². The molecular formula is C14H18N4O2. The number of nitrogens with two attached hydrogens (primary N) is 1. The van der Waals surface area contributed by atoms with Gasteiger partial charge in [-0.25, -0.2) is 4.68 Å². The highest BCUT2D eigenvalue weighted by Gasteiger charge is 2.25. The first-order valence-corrected chi connectivity index (χ1v) is 6.58. The lowest BCUT2D eigenvalue weighted by atomic mass is 9.91. The molecule has 0 aliphatic carbocycles. The van der Waals surface area contributed by atoms with E-state index in [1.807, 2.05) is 18.2 Å². The number of fused-ring (bicyclic) bond motifs is 1. The van der Waals surface area contributed by atoms with Crippen LogP contribution in [-0.2, 0) is 5.41 Å². The number of hydrogen-bond acceptors (Lipinski definition) is 5. The molecule has 0 bridgehead atoms. The molecule has 1 aliphatic heterocycles. The van der Waals surface area contributed by atoms with Crippen LogP contribution >= 0.6 is 0 Å². The molecule has 0 atom stereocenters. The summed E-state index contributed by atoms with van der Waals surface area (Å²) < 4.78 is 12.9. The van der Waals surface area contributed by atoms with Crippen molar-refractivity contribution in [2.75, 3.05) is 18.9 Å². The van der Waals surface area contributed by atoms with Gasteiger partial charge in [0, 0.05) is 11.5 Å². The van der Waals surface area contributed by atoms with E-state index in [-0.39, 0.29) is 5.41 Å². The Morgan fingerprint density at radius 3 is 2.55 bits per heavy atom. The summed E-state index contributed by atoms with van der Waals surface area (Å²) in [4.78, 5) is 0. The van der Waals surface area contributed by atoms with E-state index in [0.29, 0.717) is 19.0 Å². The average Bonchev–Trinajstić information content (AvgIpc) is 2.80. The van der Waals surface area contributed by atoms with E-state index >= 15 is 0 Å². The van der Waals surface area contributed by atoms with Gasteiger partial charge in [0.1, 0.15) is 13.2 Å². The van der Waals surface area contributed by atoms with Crippen LogP contribution in [0.15, 0.2) is 18.2 Å². The summed E-state index contributed by atoms with van der Waals surface area (Å²) in [6.45, 7) is 7.38. The summed E-state index contributed by atoms with van der Waals surface area (Å²) in [5, 5.41) is 8.14. The average molecular weight is 274 g/mol. The van der Waals surface area contributed by atoms with Crippen LogP contribution in [0.2, 0.25) is 0 Å². The van der Waals surface area contributed by atoms with E-state index < -0.39 is 0 Å². The number of nitrogens with zero attached hydrogens (tertiary/aromatic N) is 3. The van der Waals surface area contributed by atoms with Gasteiger partial charge < -0.3 is 15.2 Å². The normalized spacial score (nSPS) is 14.3. The summed E-state index contributed by atoms with van der Waals surface area (Å²) >= 11 is 0. The Morgan fingerprint density at radius 2 is 1.85 bits per heavy atom. The fourth-order valence-electron chi connectivity index (χ4n) is 2.34. The molecule has 3 rings (SSSR count). The van der Waals surface area contributed by atoms with Crippen molar-refractivity contribution in [1.29, 1.82) is 0 Å². The molecule has 6 heteroatoms. The van der Waals surface area contributed by atoms with Crippen LogP contribution in [0.1, 0.15) is 26.5 Å². The number of anilines is 1. The molecule has 0 radical (unpaired) electrons. The molecule has 0 saturated carbocycles. The molecule has 0 saturated heterocycles. The number of ether oxygens (including phenoxy) is 2. The van der Waals surface area contributed by atoms with Gasteiger partial charge in [-0.3, -0.25) is 0 Å². The zero-order chi connectivity index (χ0) is 14.3. The SMILES string of the molecule is CC(C)(C)c1c(N)nnn1-c1ccc2c(c1)OCCO2. The summed E-state index contributed by atoms with van der Waals surface area (Å²) in [7, 11) is 0. The second-order valence-electron chi connectivity index (χ2n) is 5.81. The van der Waals surface area contributed by atoms with E-state index in [1.165, 1.54) is 0 Å². The molecule has 1 aliphatic rings. The van der Waals surface area contributed by atoms with Crippen molar-refractivity contribution in [3.05, 3.63) is 23.9 Å². The third-order valence-corrected chi connectivity index (χ3v) is 3.18. The molecule has 2 N–H and O–H groups in total. The number of hydrogen-bond donors (Lipinski definition) is 1. The van der Waals surface area contributed by atoms with Gasteiger partial charge in [-0.2, -0.15) is 0 Å². The van der Waals surface area contributed by atoms with Crippen LogP contribution in [0.3, 0.4) is 0 Å². The van der Waals surface area contributed by atoms with Crippen LogP contribution in [0.25, 0.3) is 5.69 Å². The lowest BCUT2D eigenvalue weighted by Crippen LogP contribution is -2.20. The Kier molecular flexibility index (Phi) is 2.81. The molecule has 1 aromatic carbocycles. The number of aromatic nitrogens is 3. The van der Waals surface area contributed by atoms with E-state index in [4.69, 9.17) is 15.2 Å². The predicted molar refractivity (Wildman–Crippen MR) is 75.5 cm³/mol. The molecule has 0 fully saturated rings. The van der Waals surface area contributed by atoms with Crippen molar-refractivity contribution in [2.45, 2.75) is 26.2 Å². The minimum atomic E-state index is -0.152. The highest BCUT2D eigenvalue weighted by molar-refractivity contribution is 5.52. The highest BCUT2D eigenvalue weighted by atomic mass is 16.6. The molecule has 0 unspecified atom stereocenters. The van der Waals surface area contributed by atoms with Gasteiger partial charge in [-0.1, -0.05) is 26.0 Å². The first-order chi connectivity index (χ1) is 9.47. The lowest BCUT2D eigenvalue weighted by molar-refractivity contribution is 0.171. The number of benzene rings is 1. The summed E-state index contributed by atoms with van der Waals surface area (Å²) in [5.41, 5.74) is 7.55. The predicted octanol–water partition coefficient (Wildman–Crippen LogP) is 1.92. The zero-order valence-electron chi connectivity index (χ0n) is 11.9. The Hall–Kier alpha value is -2.24. The van der Waals surface area contributed by atoms with Crippen LogP contribution in [0, 0.1) is 0 Å². The number of rotatable bonds is 1. The van der Waals surface area contributed by atoms with Crippen molar-refractivity contribution in [3.63, 3.8) is 0 Å². The van der Waals surface area contributed by atoms with Crippen molar-refractivity contribution in [1.82, 2.24) is 15.0 Å². The Balaban J connectivity index is 2.10. The maximum Gasteiger partial charge on any atom is 0.170 e. The van der Waals surface area contributed by atoms with Crippen LogP contribution in [0.4, 0.5) is 5.82 Å². The smallest absolute Gasteiger partial charge is 0.170 e. The first-order valence-electron chi connectivity index (χ1n) is 6.58. The van der Waals surface area contributed by atoms with E-state index in [0.717, 1.165) is 22.9 Å². The van der Waals surface area contributed by atoms with Gasteiger partial charge in [0.05, 0.1) is 11.4 Å². The van der Waals surface area contributed by atoms with E-state index in [2.05, 4.69) is 31.1 Å². The second kappa shape index (κ2) is 4.40. The third kappa shape index (κ3) is 2.07. The van der Waals surface area contributed by atoms with Gasteiger partial charge in [0.2, 0.25) is 0 Å². The van der Waals surface area contributed by atoms with Crippen LogP contribution in [0.5, 0.6) is 11.5 Å². The van der Waals surface area contributed by atoms with Crippen molar-refractivity contribution >= 4 is 5.82 Å². The molecule has 6 nitrogen and oxygen atoms in total. The van der Waals surface area contributed by atoms with E-state index in [9.17, 15) is 0 Å². The standard InChI is InChI=1S/C14H18N4O2/c1-14(2,3)12-13(15)16-17-18(12)9-4-5-10-11(8-9)20-7-6-19-10/h4-5,8H,6-7,15H2,1-3H3. The van der Waals surface area contributed by atoms with Crippen LogP contribution < -0.4 is 15.2 Å². The monoisotopic (exact) mass is 274 g/mol. The zero-order valence-corrected chi connectivity index (χ0v) is 11.9. The largest absolute Gasteiger partial charge is 0.486 e. The molecule has 1 aromatic heterocycles. The molecule has 0 amide bonds. The molecule has 2 aromatic rings. The topological polar surface area (TPSA) is 75.2 Å². The maximum absolute atomic E-state index is 5.95. The minimum absolute atomic E-state index is 0.152. The molecule has 0 spiro atoms. The van der Waals surface area contributed by atoms with Gasteiger partial charge >= 0.3 is 0 Å². The fraction of sp³-hybridized carbons (Fsp3) is 0.429. The molecule has 20 heavy (non-hydrogen) atoms. The Bertz CT molecular complexity index is 643. The van der Waals surface area contributed by atoms with Gasteiger partial charge in [0.25, 0.3) is 0 Å². The third-order valence-electron chi connectivity index (χ3n) is 3.18.